The number of nitrogens with one attached hydrogen (secondary N) is 1. The summed E-state index contributed by atoms with van der Waals surface area (Å²) >= 11 is 0. The monoisotopic (exact) mass is 315 g/mol. The second-order valence-electron chi connectivity index (χ2n) is 5.08. The minimum atomic E-state index is -4.03. The first-order valence-electron chi connectivity index (χ1n) is 6.54. The number of aliphatic hydroxyl groups excluding tert-OH is 1. The summed E-state index contributed by atoms with van der Waals surface area (Å²) < 4.78 is 27.1. The zero-order valence-corrected chi connectivity index (χ0v) is 12.0. The van der Waals surface area contributed by atoms with E-state index in [9.17, 15) is 23.6 Å². The number of aliphatic hydroxyl groups is 1. The van der Waals surface area contributed by atoms with Gasteiger partial charge in [0.2, 0.25) is 10.0 Å². The van der Waals surface area contributed by atoms with E-state index >= 15 is 0 Å². The van der Waals surface area contributed by atoms with Crippen molar-refractivity contribution in [3.8, 4) is 0 Å². The molecule has 0 amide bonds. The van der Waals surface area contributed by atoms with Crippen LogP contribution in [-0.4, -0.2) is 30.6 Å². The van der Waals surface area contributed by atoms with E-state index in [1.54, 1.807) is 0 Å². The molecule has 2 rings (SSSR count). The molecule has 116 valence electrons. The van der Waals surface area contributed by atoms with Gasteiger partial charge in [-0.3, -0.25) is 10.1 Å². The second-order valence-corrected chi connectivity index (χ2v) is 6.76. The molecular weight excluding hydrogens is 298 g/mol. The molecule has 0 bridgehead atoms. The Labute approximate surface area is 122 Å². The van der Waals surface area contributed by atoms with Crippen LogP contribution in [0, 0.1) is 10.1 Å². The van der Waals surface area contributed by atoms with Crippen LogP contribution in [0.4, 0.5) is 11.4 Å². The Hall–Kier alpha value is -1.71. The standard InChI is InChI=1S/C12H17N3O5S/c13-10-2-1-3-11(12(10)15(17)18)21(19,20)14-8-4-6-9(16)7-5-8/h1-3,8-9,14,16H,4-7,13H2. The van der Waals surface area contributed by atoms with Crippen molar-refractivity contribution in [3.05, 3.63) is 28.3 Å². The number of nitro groups is 1. The van der Waals surface area contributed by atoms with Crippen LogP contribution in [0.1, 0.15) is 25.7 Å². The number of benzene rings is 1. The number of hydrogen-bond acceptors (Lipinski definition) is 6. The normalized spacial score (nSPS) is 22.9. The Morgan fingerprint density at radius 2 is 1.90 bits per heavy atom. The van der Waals surface area contributed by atoms with E-state index in [1.165, 1.54) is 12.1 Å². The lowest BCUT2D eigenvalue weighted by Gasteiger charge is -2.25. The molecule has 21 heavy (non-hydrogen) atoms. The van der Waals surface area contributed by atoms with Crippen molar-refractivity contribution in [3.63, 3.8) is 0 Å². The van der Waals surface area contributed by atoms with Gasteiger partial charge < -0.3 is 10.8 Å². The van der Waals surface area contributed by atoms with E-state index in [0.717, 1.165) is 6.07 Å². The molecule has 9 heteroatoms. The first-order valence-corrected chi connectivity index (χ1v) is 8.03. The summed E-state index contributed by atoms with van der Waals surface area (Å²) in [4.78, 5) is 9.80. The van der Waals surface area contributed by atoms with Gasteiger partial charge in [0.05, 0.1) is 11.0 Å². The van der Waals surface area contributed by atoms with Crippen molar-refractivity contribution in [1.29, 1.82) is 0 Å². The molecule has 1 aliphatic rings. The summed E-state index contributed by atoms with van der Waals surface area (Å²) in [6, 6.07) is 3.48. The SMILES string of the molecule is Nc1cccc(S(=O)(=O)NC2CCC(O)CC2)c1[N+](=O)[O-]. The summed E-state index contributed by atoms with van der Waals surface area (Å²) in [5.74, 6) is 0. The molecule has 0 aliphatic heterocycles. The van der Waals surface area contributed by atoms with Crippen LogP contribution in [0.3, 0.4) is 0 Å². The predicted octanol–water partition coefficient (Wildman–Crippen LogP) is 0.759. The number of rotatable bonds is 4. The van der Waals surface area contributed by atoms with E-state index in [2.05, 4.69) is 4.72 Å². The Morgan fingerprint density at radius 1 is 1.29 bits per heavy atom. The summed E-state index contributed by atoms with van der Waals surface area (Å²) in [5.41, 5.74) is 4.70. The number of nitrogens with zero attached hydrogens (tertiary/aromatic N) is 1. The molecule has 0 aromatic heterocycles. The van der Waals surface area contributed by atoms with Gasteiger partial charge in [0.15, 0.2) is 4.90 Å². The highest BCUT2D eigenvalue weighted by Crippen LogP contribution is 2.30. The third-order valence-electron chi connectivity index (χ3n) is 3.52. The molecule has 0 spiro atoms. The molecule has 0 atom stereocenters. The highest BCUT2D eigenvalue weighted by Gasteiger charge is 2.31. The van der Waals surface area contributed by atoms with Crippen molar-refractivity contribution in [1.82, 2.24) is 4.72 Å². The Bertz CT molecular complexity index is 638. The molecule has 8 nitrogen and oxygen atoms in total. The maximum Gasteiger partial charge on any atom is 0.312 e. The fourth-order valence-electron chi connectivity index (χ4n) is 2.43. The van der Waals surface area contributed by atoms with Gasteiger partial charge in [0.1, 0.15) is 5.69 Å². The van der Waals surface area contributed by atoms with Crippen LogP contribution in [0.15, 0.2) is 23.1 Å². The molecular formula is C12H17N3O5S. The first kappa shape index (κ1) is 15.7. The number of sulfonamides is 1. The molecule has 1 aliphatic carbocycles. The molecule has 1 aromatic rings. The molecule has 4 N–H and O–H groups in total. The predicted molar refractivity (Wildman–Crippen MR) is 76.1 cm³/mol. The van der Waals surface area contributed by atoms with Crippen molar-refractivity contribution in [2.24, 2.45) is 0 Å². The van der Waals surface area contributed by atoms with E-state index < -0.39 is 31.6 Å². The average molecular weight is 315 g/mol. The van der Waals surface area contributed by atoms with Crippen LogP contribution < -0.4 is 10.5 Å². The summed E-state index contributed by atoms with van der Waals surface area (Å²) in [7, 11) is -4.03. The maximum atomic E-state index is 12.3. The molecule has 0 radical (unpaired) electrons. The number of nitrogens with two attached hydrogens (primary N) is 1. The Kier molecular flexibility index (Phi) is 4.45. The highest BCUT2D eigenvalue weighted by atomic mass is 32.2. The highest BCUT2D eigenvalue weighted by molar-refractivity contribution is 7.89. The second kappa shape index (κ2) is 5.96. The Morgan fingerprint density at radius 3 is 2.48 bits per heavy atom. The van der Waals surface area contributed by atoms with Crippen molar-refractivity contribution >= 4 is 21.4 Å². The number of nitrogen functional groups attached to an aromatic ring is 1. The molecule has 0 unspecified atom stereocenters. The van der Waals surface area contributed by atoms with Crippen molar-refractivity contribution in [2.45, 2.75) is 42.7 Å². The van der Waals surface area contributed by atoms with Gasteiger partial charge in [-0.25, -0.2) is 13.1 Å². The lowest BCUT2D eigenvalue weighted by Crippen LogP contribution is -2.38. The molecule has 0 saturated heterocycles. The van der Waals surface area contributed by atoms with Gasteiger partial charge in [-0.15, -0.1) is 0 Å². The summed E-state index contributed by atoms with van der Waals surface area (Å²) in [5, 5.41) is 20.4. The zero-order chi connectivity index (χ0) is 15.6. The quantitative estimate of drug-likeness (QED) is 0.426. The van der Waals surface area contributed by atoms with Crippen molar-refractivity contribution < 1.29 is 18.4 Å². The molecule has 0 heterocycles. The lowest BCUT2D eigenvalue weighted by atomic mass is 9.94. The lowest BCUT2D eigenvalue weighted by molar-refractivity contribution is -0.386. The van der Waals surface area contributed by atoms with E-state index in [4.69, 9.17) is 5.73 Å². The third kappa shape index (κ3) is 3.49. The van der Waals surface area contributed by atoms with Gasteiger partial charge >= 0.3 is 5.69 Å². The summed E-state index contributed by atoms with van der Waals surface area (Å²) in [6.07, 6.45) is 1.60. The number of para-hydroxylation sites is 1. The Balaban J connectivity index is 2.28. The molecule has 1 saturated carbocycles. The van der Waals surface area contributed by atoms with Crippen LogP contribution in [0.25, 0.3) is 0 Å². The number of hydrogen-bond donors (Lipinski definition) is 3. The summed E-state index contributed by atoms with van der Waals surface area (Å²) in [6.45, 7) is 0. The fourth-order valence-corrected chi connectivity index (χ4v) is 3.93. The zero-order valence-electron chi connectivity index (χ0n) is 11.2. The number of anilines is 1. The third-order valence-corrected chi connectivity index (χ3v) is 5.07. The average Bonchev–Trinajstić information content (AvgIpc) is 2.40. The van der Waals surface area contributed by atoms with Gasteiger partial charge in [-0.2, -0.15) is 0 Å². The van der Waals surface area contributed by atoms with Gasteiger partial charge in [-0.1, -0.05) is 6.07 Å². The number of nitro benzene ring substituents is 1. The minimum absolute atomic E-state index is 0.193. The largest absolute Gasteiger partial charge is 0.393 e. The smallest absolute Gasteiger partial charge is 0.312 e. The van der Waals surface area contributed by atoms with E-state index in [-0.39, 0.29) is 11.7 Å². The van der Waals surface area contributed by atoms with E-state index in [1.807, 2.05) is 0 Å². The first-order chi connectivity index (χ1) is 9.81. The van der Waals surface area contributed by atoms with Crippen LogP contribution in [0.5, 0.6) is 0 Å². The van der Waals surface area contributed by atoms with E-state index in [0.29, 0.717) is 25.7 Å². The van der Waals surface area contributed by atoms with Crippen molar-refractivity contribution in [2.75, 3.05) is 5.73 Å². The fraction of sp³-hybridized carbons (Fsp3) is 0.500. The van der Waals surface area contributed by atoms with Gasteiger partial charge in [0, 0.05) is 6.04 Å². The van der Waals surface area contributed by atoms with Gasteiger partial charge in [-0.05, 0) is 37.8 Å². The van der Waals surface area contributed by atoms with Gasteiger partial charge in [0.25, 0.3) is 0 Å². The topological polar surface area (TPSA) is 136 Å². The molecule has 1 fully saturated rings. The molecule has 1 aromatic carbocycles. The van der Waals surface area contributed by atoms with Crippen LogP contribution in [-0.2, 0) is 10.0 Å². The van der Waals surface area contributed by atoms with Crippen LogP contribution in [0.2, 0.25) is 0 Å². The minimum Gasteiger partial charge on any atom is -0.393 e. The maximum absolute atomic E-state index is 12.3. The van der Waals surface area contributed by atoms with Crippen LogP contribution >= 0.6 is 0 Å².